The fraction of sp³-hybridized carbons (Fsp3) is 0.400. The van der Waals surface area contributed by atoms with Gasteiger partial charge in [0.1, 0.15) is 5.41 Å². The van der Waals surface area contributed by atoms with Crippen LogP contribution in [0.5, 0.6) is 0 Å². The second kappa shape index (κ2) is 3.52. The van der Waals surface area contributed by atoms with Gasteiger partial charge in [0, 0.05) is 10.7 Å². The summed E-state index contributed by atoms with van der Waals surface area (Å²) in [6.45, 7) is 0. The van der Waals surface area contributed by atoms with E-state index in [1.165, 1.54) is 0 Å². The van der Waals surface area contributed by atoms with Crippen LogP contribution in [0, 0.1) is 11.3 Å². The molecule has 0 unspecified atom stereocenters. The van der Waals surface area contributed by atoms with Gasteiger partial charge in [-0.25, -0.2) is 0 Å². The highest BCUT2D eigenvalue weighted by atomic mass is 79.9. The van der Waals surface area contributed by atoms with Gasteiger partial charge in [-0.15, -0.1) is 0 Å². The molecule has 0 spiro atoms. The Labute approximate surface area is 96.0 Å². The van der Waals surface area contributed by atoms with Crippen LogP contribution < -0.4 is 0 Å². The third-order valence-corrected chi connectivity index (χ3v) is 3.40. The number of hydrogen-bond donors (Lipinski definition) is 0. The monoisotopic (exact) mass is 270 g/mol. The van der Waals surface area contributed by atoms with Crippen molar-refractivity contribution in [2.45, 2.75) is 24.7 Å². The van der Waals surface area contributed by atoms with Crippen LogP contribution in [0.4, 0.5) is 0 Å². The molecule has 4 heteroatoms. The summed E-state index contributed by atoms with van der Waals surface area (Å²) >= 11 is 9.36. The van der Waals surface area contributed by atoms with Gasteiger partial charge >= 0.3 is 0 Å². The van der Waals surface area contributed by atoms with Crippen molar-refractivity contribution in [3.63, 3.8) is 0 Å². The van der Waals surface area contributed by atoms with Crippen molar-refractivity contribution in [3.8, 4) is 6.07 Å². The Morgan fingerprint density at radius 3 is 2.71 bits per heavy atom. The lowest BCUT2D eigenvalue weighted by Crippen LogP contribution is -2.33. The Kier molecular flexibility index (Phi) is 2.50. The van der Waals surface area contributed by atoms with Crippen LogP contribution in [0.2, 0.25) is 5.02 Å². The van der Waals surface area contributed by atoms with Gasteiger partial charge in [-0.3, -0.25) is 4.98 Å². The quantitative estimate of drug-likeness (QED) is 0.784. The van der Waals surface area contributed by atoms with Crippen LogP contribution >= 0.6 is 27.5 Å². The Balaban J connectivity index is 2.46. The molecule has 1 aromatic rings. The zero-order valence-corrected chi connectivity index (χ0v) is 9.77. The number of pyridine rings is 1. The first-order valence-corrected chi connectivity index (χ1v) is 5.58. The molecule has 1 fully saturated rings. The molecule has 0 aromatic carbocycles. The molecule has 1 aliphatic rings. The summed E-state index contributed by atoms with van der Waals surface area (Å²) in [4.78, 5) is 4.24. The second-order valence-electron chi connectivity index (χ2n) is 3.53. The summed E-state index contributed by atoms with van der Waals surface area (Å²) in [5.41, 5.74) is 0.314. The maximum absolute atomic E-state index is 9.12. The molecule has 1 aliphatic carbocycles. The highest BCUT2D eigenvalue weighted by Gasteiger charge is 2.41. The first-order chi connectivity index (χ1) is 6.68. The predicted octanol–water partition coefficient (Wildman–Crippen LogP) is 3.44. The summed E-state index contributed by atoms with van der Waals surface area (Å²) in [5, 5.41) is 9.71. The minimum Gasteiger partial charge on any atom is -0.257 e. The Bertz CT molecular complexity index is 407. The molecule has 1 saturated carbocycles. The molecule has 0 saturated heterocycles. The standard InChI is InChI=1S/C10H8BrClN2/c11-7-4-8(12)9(14-5-7)10(6-13)2-1-3-10/h4-5H,1-3H2. The van der Waals surface area contributed by atoms with Crippen molar-refractivity contribution >= 4 is 27.5 Å². The average molecular weight is 272 g/mol. The molecule has 0 N–H and O–H groups in total. The van der Waals surface area contributed by atoms with Crippen LogP contribution in [-0.2, 0) is 5.41 Å². The summed E-state index contributed by atoms with van der Waals surface area (Å²) in [6, 6.07) is 4.12. The molecule has 2 rings (SSSR count). The summed E-state index contributed by atoms with van der Waals surface area (Å²) in [5.74, 6) is 0. The Morgan fingerprint density at radius 1 is 1.57 bits per heavy atom. The number of hydrogen-bond acceptors (Lipinski definition) is 2. The molecule has 0 amide bonds. The predicted molar refractivity (Wildman–Crippen MR) is 58.1 cm³/mol. The first kappa shape index (κ1) is 9.95. The van der Waals surface area contributed by atoms with Crippen molar-refractivity contribution in [2.75, 3.05) is 0 Å². The summed E-state index contributed by atoms with van der Waals surface area (Å²) < 4.78 is 0.846. The van der Waals surface area contributed by atoms with Crippen molar-refractivity contribution in [1.82, 2.24) is 4.98 Å². The van der Waals surface area contributed by atoms with E-state index in [0.29, 0.717) is 5.02 Å². The Morgan fingerprint density at radius 2 is 2.29 bits per heavy atom. The largest absolute Gasteiger partial charge is 0.257 e. The zero-order chi connectivity index (χ0) is 10.2. The topological polar surface area (TPSA) is 36.7 Å². The maximum Gasteiger partial charge on any atom is 0.101 e. The SMILES string of the molecule is N#CC1(c2ncc(Br)cc2Cl)CCC1. The molecular weight excluding hydrogens is 263 g/mol. The van der Waals surface area contributed by atoms with E-state index in [1.54, 1.807) is 12.3 Å². The van der Waals surface area contributed by atoms with Gasteiger partial charge in [0.15, 0.2) is 0 Å². The highest BCUT2D eigenvalue weighted by molar-refractivity contribution is 9.10. The zero-order valence-electron chi connectivity index (χ0n) is 7.43. The van der Waals surface area contributed by atoms with E-state index in [4.69, 9.17) is 16.9 Å². The van der Waals surface area contributed by atoms with E-state index >= 15 is 0 Å². The molecular formula is C10H8BrClN2. The molecule has 2 nitrogen and oxygen atoms in total. The van der Waals surface area contributed by atoms with Crippen LogP contribution in [0.3, 0.4) is 0 Å². The third kappa shape index (κ3) is 1.43. The van der Waals surface area contributed by atoms with E-state index in [9.17, 15) is 0 Å². The fourth-order valence-corrected chi connectivity index (χ4v) is 2.51. The van der Waals surface area contributed by atoms with Gasteiger partial charge in [0.2, 0.25) is 0 Å². The van der Waals surface area contributed by atoms with Gasteiger partial charge in [0.05, 0.1) is 16.8 Å². The molecule has 0 atom stereocenters. The maximum atomic E-state index is 9.12. The molecule has 1 heterocycles. The number of nitrogens with zero attached hydrogens (tertiary/aromatic N) is 2. The minimum absolute atomic E-state index is 0.419. The molecule has 0 aliphatic heterocycles. The molecule has 0 radical (unpaired) electrons. The normalized spacial score (nSPS) is 18.4. The van der Waals surface area contributed by atoms with Crippen molar-refractivity contribution < 1.29 is 0 Å². The molecule has 1 aromatic heterocycles. The summed E-state index contributed by atoms with van der Waals surface area (Å²) in [7, 11) is 0. The van der Waals surface area contributed by atoms with Gasteiger partial charge in [-0.1, -0.05) is 11.6 Å². The van der Waals surface area contributed by atoms with Crippen LogP contribution in [0.25, 0.3) is 0 Å². The van der Waals surface area contributed by atoms with Crippen LogP contribution in [0.15, 0.2) is 16.7 Å². The number of nitriles is 1. The van der Waals surface area contributed by atoms with E-state index < -0.39 is 5.41 Å². The molecule has 72 valence electrons. The second-order valence-corrected chi connectivity index (χ2v) is 4.85. The lowest BCUT2D eigenvalue weighted by atomic mass is 9.67. The lowest BCUT2D eigenvalue weighted by Gasteiger charge is -2.34. The van der Waals surface area contributed by atoms with Gasteiger partial charge in [-0.05, 0) is 41.3 Å². The van der Waals surface area contributed by atoms with Crippen molar-refractivity contribution in [3.05, 3.63) is 27.5 Å². The smallest absolute Gasteiger partial charge is 0.101 e. The van der Waals surface area contributed by atoms with E-state index in [0.717, 1.165) is 29.4 Å². The fourth-order valence-electron chi connectivity index (χ4n) is 1.70. The number of rotatable bonds is 1. The average Bonchev–Trinajstić information content (AvgIpc) is 2.07. The molecule has 0 bridgehead atoms. The van der Waals surface area contributed by atoms with Crippen molar-refractivity contribution in [2.24, 2.45) is 0 Å². The van der Waals surface area contributed by atoms with Crippen LogP contribution in [-0.4, -0.2) is 4.98 Å². The lowest BCUT2D eigenvalue weighted by molar-refractivity contribution is 0.316. The minimum atomic E-state index is -0.419. The van der Waals surface area contributed by atoms with Gasteiger partial charge in [0.25, 0.3) is 0 Å². The van der Waals surface area contributed by atoms with E-state index in [2.05, 4.69) is 27.0 Å². The van der Waals surface area contributed by atoms with Gasteiger partial charge in [-0.2, -0.15) is 5.26 Å². The van der Waals surface area contributed by atoms with Gasteiger partial charge < -0.3 is 0 Å². The molecule has 14 heavy (non-hydrogen) atoms. The third-order valence-electron chi connectivity index (χ3n) is 2.68. The van der Waals surface area contributed by atoms with E-state index in [-0.39, 0.29) is 0 Å². The summed E-state index contributed by atoms with van der Waals surface area (Å²) in [6.07, 6.45) is 4.52. The van der Waals surface area contributed by atoms with Crippen LogP contribution in [0.1, 0.15) is 25.0 Å². The van der Waals surface area contributed by atoms with Crippen molar-refractivity contribution in [1.29, 1.82) is 5.26 Å². The number of aromatic nitrogens is 1. The Hall–Kier alpha value is -0.590. The van der Waals surface area contributed by atoms with E-state index in [1.807, 2.05) is 0 Å². The first-order valence-electron chi connectivity index (χ1n) is 4.41. The number of halogens is 2. The highest BCUT2D eigenvalue weighted by Crippen LogP contribution is 2.44.